The van der Waals surface area contributed by atoms with Crippen molar-refractivity contribution in [1.82, 2.24) is 10.6 Å². The fourth-order valence-electron chi connectivity index (χ4n) is 1.92. The summed E-state index contributed by atoms with van der Waals surface area (Å²) in [4.78, 5) is 34.1. The van der Waals surface area contributed by atoms with Gasteiger partial charge in [0.05, 0.1) is 13.2 Å². The second-order valence-corrected chi connectivity index (χ2v) is 5.13. The fraction of sp³-hybridized carbons (Fsp3) is 0.786. The zero-order chi connectivity index (χ0) is 16.3. The van der Waals surface area contributed by atoms with Crippen molar-refractivity contribution in [3.63, 3.8) is 0 Å². The first-order chi connectivity index (χ1) is 9.85. The van der Waals surface area contributed by atoms with Crippen molar-refractivity contribution >= 4 is 17.9 Å². The molecule has 0 fully saturated rings. The van der Waals surface area contributed by atoms with Crippen LogP contribution in [0.3, 0.4) is 0 Å². The van der Waals surface area contributed by atoms with E-state index in [0.717, 1.165) is 25.7 Å². The summed E-state index contributed by atoms with van der Waals surface area (Å²) in [7, 11) is 0. The minimum atomic E-state index is -0.946. The van der Waals surface area contributed by atoms with E-state index >= 15 is 0 Å². The van der Waals surface area contributed by atoms with Crippen LogP contribution in [0, 0.1) is 0 Å². The lowest BCUT2D eigenvalue weighted by molar-refractivity contribution is -0.151. The lowest BCUT2D eigenvalue weighted by atomic mass is 9.94. The van der Waals surface area contributed by atoms with Crippen LogP contribution in [0.2, 0.25) is 0 Å². The quantitative estimate of drug-likeness (QED) is 0.413. The number of primary amides is 1. The third kappa shape index (κ3) is 8.29. The van der Waals surface area contributed by atoms with Gasteiger partial charge in [-0.2, -0.15) is 0 Å². The third-order valence-corrected chi connectivity index (χ3v) is 3.16. The number of carbonyl (C=O) groups is 3. The maximum Gasteiger partial charge on any atom is 0.326 e. The summed E-state index contributed by atoms with van der Waals surface area (Å²) in [6.07, 6.45) is 4.63. The van der Waals surface area contributed by atoms with E-state index in [1.807, 2.05) is 5.32 Å². The molecule has 1 atom stereocenters. The number of rotatable bonds is 10. The Hall–Kier alpha value is -1.63. The first-order valence-electron chi connectivity index (χ1n) is 7.37. The predicted octanol–water partition coefficient (Wildman–Crippen LogP) is 1.06. The Kier molecular flexibility index (Phi) is 9.36. The van der Waals surface area contributed by atoms with Gasteiger partial charge in [0.25, 0.3) is 0 Å². The van der Waals surface area contributed by atoms with Gasteiger partial charge in [-0.25, -0.2) is 4.79 Å². The number of imide groups is 1. The third-order valence-electron chi connectivity index (χ3n) is 3.16. The van der Waals surface area contributed by atoms with Gasteiger partial charge < -0.3 is 10.5 Å². The molecule has 0 spiro atoms. The van der Waals surface area contributed by atoms with Crippen molar-refractivity contribution in [1.29, 1.82) is 0 Å². The van der Waals surface area contributed by atoms with Gasteiger partial charge in [0.15, 0.2) is 0 Å². The van der Waals surface area contributed by atoms with Crippen molar-refractivity contribution in [2.75, 3.05) is 13.2 Å². The lowest BCUT2D eigenvalue weighted by Crippen LogP contribution is -2.54. The Morgan fingerprint density at radius 1 is 1.14 bits per heavy atom. The molecule has 0 aromatic carbocycles. The van der Waals surface area contributed by atoms with Crippen LogP contribution in [0.15, 0.2) is 0 Å². The molecule has 21 heavy (non-hydrogen) atoms. The molecule has 0 radical (unpaired) electrons. The zero-order valence-corrected chi connectivity index (χ0v) is 13.2. The number of hydrogen-bond acceptors (Lipinski definition) is 5. The molecular weight excluding hydrogens is 274 g/mol. The summed E-state index contributed by atoms with van der Waals surface area (Å²) in [6.45, 7) is 5.64. The van der Waals surface area contributed by atoms with E-state index in [9.17, 15) is 14.4 Å². The number of ether oxygens (including phenoxy) is 1. The molecule has 4 N–H and O–H groups in total. The Balaban J connectivity index is 4.53. The van der Waals surface area contributed by atoms with Crippen molar-refractivity contribution in [3.8, 4) is 0 Å². The molecule has 0 heterocycles. The average Bonchev–Trinajstić information content (AvgIpc) is 2.41. The van der Waals surface area contributed by atoms with Crippen molar-refractivity contribution < 1.29 is 19.1 Å². The van der Waals surface area contributed by atoms with Crippen molar-refractivity contribution in [2.45, 2.75) is 58.4 Å². The normalized spacial score (nSPS) is 13.3. The standard InChI is InChI=1S/C14H27N3O4/c1-4-6-7-8-9-14(3,12(19)21-5-2)16-10-11(18)17-13(15)20/h16H,4-10H2,1-3H3,(H3,15,17,18,20). The number of amides is 3. The monoisotopic (exact) mass is 301 g/mol. The molecular formula is C14H27N3O4. The number of urea groups is 1. The molecule has 0 aliphatic carbocycles. The highest BCUT2D eigenvalue weighted by Crippen LogP contribution is 2.17. The first-order valence-corrected chi connectivity index (χ1v) is 7.37. The second-order valence-electron chi connectivity index (χ2n) is 5.13. The number of nitrogens with one attached hydrogen (secondary N) is 2. The summed E-state index contributed by atoms with van der Waals surface area (Å²) >= 11 is 0. The molecule has 0 aromatic rings. The number of nitrogens with two attached hydrogens (primary N) is 1. The van der Waals surface area contributed by atoms with Gasteiger partial charge in [-0.3, -0.25) is 20.2 Å². The molecule has 1 unspecified atom stereocenters. The van der Waals surface area contributed by atoms with Crippen LogP contribution in [0.5, 0.6) is 0 Å². The summed E-state index contributed by atoms with van der Waals surface area (Å²) in [6, 6.07) is -0.914. The average molecular weight is 301 g/mol. The van der Waals surface area contributed by atoms with Crippen LogP contribution < -0.4 is 16.4 Å². The van der Waals surface area contributed by atoms with Gasteiger partial charge in [-0.05, 0) is 20.3 Å². The topological polar surface area (TPSA) is 111 Å². The van der Waals surface area contributed by atoms with E-state index in [2.05, 4.69) is 12.2 Å². The number of esters is 1. The minimum absolute atomic E-state index is 0.175. The molecule has 0 aromatic heterocycles. The van der Waals surface area contributed by atoms with Gasteiger partial charge in [-0.15, -0.1) is 0 Å². The zero-order valence-electron chi connectivity index (χ0n) is 13.2. The van der Waals surface area contributed by atoms with Gasteiger partial charge in [0.2, 0.25) is 5.91 Å². The summed E-state index contributed by atoms with van der Waals surface area (Å²) in [5.74, 6) is -0.972. The van der Waals surface area contributed by atoms with Crippen LogP contribution in [0.4, 0.5) is 4.79 Å². The van der Waals surface area contributed by atoms with Crippen LogP contribution in [0.1, 0.15) is 52.9 Å². The minimum Gasteiger partial charge on any atom is -0.465 e. The predicted molar refractivity (Wildman–Crippen MR) is 79.5 cm³/mol. The van der Waals surface area contributed by atoms with Gasteiger partial charge >= 0.3 is 12.0 Å². The number of unbranched alkanes of at least 4 members (excludes halogenated alkanes) is 3. The molecule has 7 nitrogen and oxygen atoms in total. The highest BCUT2D eigenvalue weighted by Gasteiger charge is 2.34. The van der Waals surface area contributed by atoms with E-state index in [-0.39, 0.29) is 13.2 Å². The van der Waals surface area contributed by atoms with Crippen LogP contribution >= 0.6 is 0 Å². The second kappa shape index (κ2) is 10.1. The van der Waals surface area contributed by atoms with E-state index in [1.165, 1.54) is 0 Å². The summed E-state index contributed by atoms with van der Waals surface area (Å²) in [5, 5.41) is 4.82. The van der Waals surface area contributed by atoms with Gasteiger partial charge in [-0.1, -0.05) is 32.6 Å². The summed E-state index contributed by atoms with van der Waals surface area (Å²) < 4.78 is 5.05. The van der Waals surface area contributed by atoms with E-state index in [0.29, 0.717) is 6.42 Å². The molecule has 122 valence electrons. The molecule has 0 aliphatic rings. The van der Waals surface area contributed by atoms with Crippen molar-refractivity contribution in [2.24, 2.45) is 5.73 Å². The lowest BCUT2D eigenvalue weighted by Gasteiger charge is -2.28. The van der Waals surface area contributed by atoms with E-state index in [1.54, 1.807) is 13.8 Å². The number of hydrogen-bond donors (Lipinski definition) is 3. The highest BCUT2D eigenvalue weighted by atomic mass is 16.5. The fourth-order valence-corrected chi connectivity index (χ4v) is 1.92. The van der Waals surface area contributed by atoms with Gasteiger partial charge in [0, 0.05) is 0 Å². The Morgan fingerprint density at radius 2 is 1.81 bits per heavy atom. The Labute approximate surface area is 126 Å². The molecule has 7 heteroatoms. The Bertz CT molecular complexity index is 360. The smallest absolute Gasteiger partial charge is 0.326 e. The molecule has 0 saturated heterocycles. The molecule has 0 rings (SSSR count). The Morgan fingerprint density at radius 3 is 2.33 bits per heavy atom. The maximum atomic E-state index is 12.1. The van der Waals surface area contributed by atoms with Crippen LogP contribution in [0.25, 0.3) is 0 Å². The van der Waals surface area contributed by atoms with Gasteiger partial charge in [0.1, 0.15) is 5.54 Å². The maximum absolute atomic E-state index is 12.1. The number of carbonyl (C=O) groups excluding carboxylic acids is 3. The van der Waals surface area contributed by atoms with Crippen molar-refractivity contribution in [3.05, 3.63) is 0 Å². The van der Waals surface area contributed by atoms with Crippen LogP contribution in [-0.2, 0) is 14.3 Å². The molecule has 0 aliphatic heterocycles. The van der Waals surface area contributed by atoms with E-state index < -0.39 is 23.4 Å². The molecule has 3 amide bonds. The summed E-state index contributed by atoms with van der Waals surface area (Å²) in [5.41, 5.74) is 3.92. The highest BCUT2D eigenvalue weighted by molar-refractivity contribution is 5.94. The molecule has 0 bridgehead atoms. The molecule has 0 saturated carbocycles. The van der Waals surface area contributed by atoms with E-state index in [4.69, 9.17) is 10.5 Å². The largest absolute Gasteiger partial charge is 0.465 e. The van der Waals surface area contributed by atoms with Crippen LogP contribution in [-0.4, -0.2) is 36.6 Å². The SMILES string of the molecule is CCCCCCC(C)(NCC(=O)NC(N)=O)C(=O)OCC. The first kappa shape index (κ1) is 19.4.